The van der Waals surface area contributed by atoms with E-state index in [-0.39, 0.29) is 6.54 Å². The van der Waals surface area contributed by atoms with E-state index in [2.05, 4.69) is 0 Å². The van der Waals surface area contributed by atoms with Crippen molar-refractivity contribution >= 4 is 5.91 Å². The molecule has 0 fully saturated rings. The molecule has 0 saturated carbocycles. The number of halogens is 1. The first kappa shape index (κ1) is 15.7. The summed E-state index contributed by atoms with van der Waals surface area (Å²) >= 11 is 0. The second kappa shape index (κ2) is 6.83. The summed E-state index contributed by atoms with van der Waals surface area (Å²) in [6, 6.07) is 14.5. The molecule has 2 rings (SSSR count). The molecule has 2 aromatic carbocycles. The molecular weight excluding hydrogens is 281 g/mol. The number of carbonyl (C=O) groups excluding carboxylic acids is 1. The Balaban J connectivity index is 2.28. The van der Waals surface area contributed by atoms with E-state index in [1.165, 1.54) is 18.2 Å². The molecular formula is C17H16FN3O. The summed E-state index contributed by atoms with van der Waals surface area (Å²) in [5.41, 5.74) is 6.96. The monoisotopic (exact) mass is 297 g/mol. The van der Waals surface area contributed by atoms with Crippen LogP contribution < -0.4 is 5.73 Å². The van der Waals surface area contributed by atoms with E-state index in [1.807, 2.05) is 24.3 Å². The van der Waals surface area contributed by atoms with Gasteiger partial charge in [0.2, 0.25) is 5.91 Å². The third-order valence-corrected chi connectivity index (χ3v) is 3.42. The molecule has 0 saturated heterocycles. The van der Waals surface area contributed by atoms with E-state index in [0.29, 0.717) is 11.1 Å². The SMILES string of the molecule is CN(Cc1cc(C#N)ccc1F)[C@@H](C(N)=O)c1ccccc1. The zero-order valence-corrected chi connectivity index (χ0v) is 12.2. The molecule has 1 atom stereocenters. The van der Waals surface area contributed by atoms with Crippen LogP contribution in [0.4, 0.5) is 4.39 Å². The van der Waals surface area contributed by atoms with Crippen molar-refractivity contribution < 1.29 is 9.18 Å². The maximum absolute atomic E-state index is 13.9. The van der Waals surface area contributed by atoms with E-state index in [4.69, 9.17) is 11.0 Å². The number of hydrogen-bond acceptors (Lipinski definition) is 3. The van der Waals surface area contributed by atoms with Gasteiger partial charge < -0.3 is 5.73 Å². The van der Waals surface area contributed by atoms with Crippen molar-refractivity contribution in [1.82, 2.24) is 4.90 Å². The Morgan fingerprint density at radius 1 is 1.32 bits per heavy atom. The zero-order valence-electron chi connectivity index (χ0n) is 12.2. The number of amides is 1. The molecule has 0 aliphatic carbocycles. The number of likely N-dealkylation sites (N-methyl/N-ethyl adjacent to an activating group) is 1. The van der Waals surface area contributed by atoms with Gasteiger partial charge in [0.1, 0.15) is 11.9 Å². The second-order valence-corrected chi connectivity index (χ2v) is 5.05. The van der Waals surface area contributed by atoms with Gasteiger partial charge in [0, 0.05) is 12.1 Å². The summed E-state index contributed by atoms with van der Waals surface area (Å²) in [5, 5.41) is 8.90. The van der Waals surface area contributed by atoms with Gasteiger partial charge in [0.25, 0.3) is 0 Å². The largest absolute Gasteiger partial charge is 0.368 e. The smallest absolute Gasteiger partial charge is 0.239 e. The normalized spacial score (nSPS) is 11.9. The van der Waals surface area contributed by atoms with Crippen LogP contribution in [0.5, 0.6) is 0 Å². The molecule has 0 aliphatic rings. The summed E-state index contributed by atoms with van der Waals surface area (Å²) < 4.78 is 13.9. The predicted octanol–water partition coefficient (Wildman–Crippen LogP) is 2.36. The lowest BCUT2D eigenvalue weighted by Crippen LogP contribution is -2.35. The molecule has 2 aromatic rings. The van der Waals surface area contributed by atoms with Gasteiger partial charge in [-0.25, -0.2) is 4.39 Å². The zero-order chi connectivity index (χ0) is 16.1. The third-order valence-electron chi connectivity index (χ3n) is 3.42. The minimum atomic E-state index is -0.661. The lowest BCUT2D eigenvalue weighted by Gasteiger charge is -2.26. The van der Waals surface area contributed by atoms with E-state index in [1.54, 1.807) is 24.1 Å². The lowest BCUT2D eigenvalue weighted by molar-refractivity contribution is -0.123. The second-order valence-electron chi connectivity index (χ2n) is 5.05. The third kappa shape index (κ3) is 3.48. The average Bonchev–Trinajstić information content (AvgIpc) is 2.50. The summed E-state index contributed by atoms with van der Waals surface area (Å²) in [7, 11) is 1.70. The fourth-order valence-corrected chi connectivity index (χ4v) is 2.40. The van der Waals surface area contributed by atoms with Crippen molar-refractivity contribution in [1.29, 1.82) is 5.26 Å². The van der Waals surface area contributed by atoms with Crippen LogP contribution in [0.25, 0.3) is 0 Å². The van der Waals surface area contributed by atoms with Gasteiger partial charge >= 0.3 is 0 Å². The topological polar surface area (TPSA) is 70.1 Å². The van der Waals surface area contributed by atoms with Crippen molar-refractivity contribution in [2.45, 2.75) is 12.6 Å². The predicted molar refractivity (Wildman–Crippen MR) is 81.0 cm³/mol. The molecule has 22 heavy (non-hydrogen) atoms. The van der Waals surface area contributed by atoms with E-state index in [9.17, 15) is 9.18 Å². The van der Waals surface area contributed by atoms with E-state index >= 15 is 0 Å². The molecule has 0 heterocycles. The van der Waals surface area contributed by atoms with Crippen LogP contribution in [-0.4, -0.2) is 17.9 Å². The van der Waals surface area contributed by atoms with Gasteiger partial charge in [-0.2, -0.15) is 5.26 Å². The van der Waals surface area contributed by atoms with Crippen molar-refractivity contribution in [3.05, 3.63) is 71.0 Å². The summed E-state index contributed by atoms with van der Waals surface area (Å²) in [4.78, 5) is 13.4. The number of primary amides is 1. The number of nitriles is 1. The average molecular weight is 297 g/mol. The first-order valence-corrected chi connectivity index (χ1v) is 6.76. The first-order chi connectivity index (χ1) is 10.5. The number of nitrogens with zero attached hydrogens (tertiary/aromatic N) is 2. The number of carbonyl (C=O) groups is 1. The molecule has 5 heteroatoms. The molecule has 2 N–H and O–H groups in total. The summed E-state index contributed by atoms with van der Waals surface area (Å²) in [6.45, 7) is 0.170. The molecule has 1 amide bonds. The molecule has 0 bridgehead atoms. The Morgan fingerprint density at radius 3 is 2.59 bits per heavy atom. The highest BCUT2D eigenvalue weighted by atomic mass is 19.1. The standard InChI is InChI=1S/C17H16FN3O/c1-21(11-14-9-12(10-19)7-8-15(14)18)16(17(20)22)13-5-3-2-4-6-13/h2-9,16H,11H2,1H3,(H2,20,22)/t16-/m1/s1. The van der Waals surface area contributed by atoms with Crippen LogP contribution in [0.15, 0.2) is 48.5 Å². The lowest BCUT2D eigenvalue weighted by atomic mass is 10.0. The Morgan fingerprint density at radius 2 is 2.00 bits per heavy atom. The van der Waals surface area contributed by atoms with Crippen molar-refractivity contribution in [3.63, 3.8) is 0 Å². The van der Waals surface area contributed by atoms with Crippen LogP contribution >= 0.6 is 0 Å². The molecule has 0 radical (unpaired) electrons. The first-order valence-electron chi connectivity index (χ1n) is 6.76. The maximum atomic E-state index is 13.9. The highest BCUT2D eigenvalue weighted by molar-refractivity contribution is 5.81. The highest BCUT2D eigenvalue weighted by Gasteiger charge is 2.23. The molecule has 112 valence electrons. The quantitative estimate of drug-likeness (QED) is 0.921. The van der Waals surface area contributed by atoms with Gasteiger partial charge in [0.05, 0.1) is 11.6 Å². The summed E-state index contributed by atoms with van der Waals surface area (Å²) in [5.74, 6) is -0.923. The van der Waals surface area contributed by atoms with Crippen molar-refractivity contribution in [2.75, 3.05) is 7.05 Å². The fourth-order valence-electron chi connectivity index (χ4n) is 2.40. The van der Waals surface area contributed by atoms with Crippen LogP contribution in [0.1, 0.15) is 22.7 Å². The van der Waals surface area contributed by atoms with Gasteiger partial charge in [-0.3, -0.25) is 9.69 Å². The number of hydrogen-bond donors (Lipinski definition) is 1. The van der Waals surface area contributed by atoms with Crippen LogP contribution in [0.2, 0.25) is 0 Å². The molecule has 4 nitrogen and oxygen atoms in total. The van der Waals surface area contributed by atoms with Crippen LogP contribution in [0.3, 0.4) is 0 Å². The van der Waals surface area contributed by atoms with Crippen molar-refractivity contribution in [2.24, 2.45) is 5.73 Å². The minimum Gasteiger partial charge on any atom is -0.368 e. The Bertz CT molecular complexity index is 710. The van der Waals surface area contributed by atoms with Gasteiger partial charge in [-0.15, -0.1) is 0 Å². The Labute approximate surface area is 128 Å². The number of rotatable bonds is 5. The van der Waals surface area contributed by atoms with Gasteiger partial charge in [-0.1, -0.05) is 30.3 Å². The van der Waals surface area contributed by atoms with E-state index in [0.717, 1.165) is 5.56 Å². The summed E-state index contributed by atoms with van der Waals surface area (Å²) in [6.07, 6.45) is 0. The molecule has 0 aliphatic heterocycles. The molecule has 0 aromatic heterocycles. The maximum Gasteiger partial charge on any atom is 0.239 e. The Hall–Kier alpha value is -2.71. The van der Waals surface area contributed by atoms with Gasteiger partial charge in [-0.05, 0) is 30.8 Å². The Kier molecular flexibility index (Phi) is 4.87. The fraction of sp³-hybridized carbons (Fsp3) is 0.176. The molecule has 0 spiro atoms. The van der Waals surface area contributed by atoms with Crippen molar-refractivity contribution in [3.8, 4) is 6.07 Å². The number of benzene rings is 2. The minimum absolute atomic E-state index is 0.170. The number of nitrogens with two attached hydrogens (primary N) is 1. The van der Waals surface area contributed by atoms with E-state index < -0.39 is 17.8 Å². The molecule has 0 unspecified atom stereocenters. The van der Waals surface area contributed by atoms with Crippen LogP contribution in [0, 0.1) is 17.1 Å². The van der Waals surface area contributed by atoms with Gasteiger partial charge in [0.15, 0.2) is 0 Å². The van der Waals surface area contributed by atoms with Crippen LogP contribution in [-0.2, 0) is 11.3 Å². The highest BCUT2D eigenvalue weighted by Crippen LogP contribution is 2.22.